The third kappa shape index (κ3) is 1.78. The van der Waals surface area contributed by atoms with Crippen LogP contribution in [0.2, 0.25) is 0 Å². The van der Waals surface area contributed by atoms with Crippen molar-refractivity contribution in [3.8, 4) is 0 Å². The lowest BCUT2D eigenvalue weighted by molar-refractivity contribution is -0.121. The van der Waals surface area contributed by atoms with Crippen molar-refractivity contribution in [3.63, 3.8) is 0 Å². The lowest BCUT2D eigenvalue weighted by Gasteiger charge is -2.28. The summed E-state index contributed by atoms with van der Waals surface area (Å²) < 4.78 is 0. The van der Waals surface area contributed by atoms with E-state index >= 15 is 0 Å². The maximum Gasteiger partial charge on any atom is 0.225 e. The number of benzene rings is 1. The minimum Gasteiger partial charge on any atom is -0.345 e. The molecule has 0 aliphatic carbocycles. The molecule has 1 aliphatic rings. The van der Waals surface area contributed by atoms with Crippen molar-refractivity contribution in [2.45, 2.75) is 19.4 Å². The molecule has 1 N–H and O–H groups in total. The van der Waals surface area contributed by atoms with Crippen LogP contribution in [-0.4, -0.2) is 10.9 Å². The van der Waals surface area contributed by atoms with Gasteiger partial charge in [-0.15, -0.1) is 0 Å². The molecule has 1 unspecified atom stereocenters. The zero-order chi connectivity index (χ0) is 12.5. The standard InChI is InChI=1S/C15H14N2O/c1-10-3-2-4-12-13(10)9-14(18)17-15(12)11-5-7-16-8-6-11/h2-8,15H,9H2,1H3,(H,17,18). The molecule has 3 heteroatoms. The van der Waals surface area contributed by atoms with Gasteiger partial charge in [0.2, 0.25) is 5.91 Å². The fraction of sp³-hybridized carbons (Fsp3) is 0.200. The fourth-order valence-corrected chi connectivity index (χ4v) is 2.51. The zero-order valence-corrected chi connectivity index (χ0v) is 10.2. The average Bonchev–Trinajstić information content (AvgIpc) is 2.40. The summed E-state index contributed by atoms with van der Waals surface area (Å²) >= 11 is 0. The van der Waals surface area contributed by atoms with E-state index in [1.165, 1.54) is 11.1 Å². The van der Waals surface area contributed by atoms with Gasteiger partial charge >= 0.3 is 0 Å². The van der Waals surface area contributed by atoms with Gasteiger partial charge in [-0.25, -0.2) is 0 Å². The van der Waals surface area contributed by atoms with Crippen LogP contribution in [-0.2, 0) is 11.2 Å². The van der Waals surface area contributed by atoms with Crippen molar-refractivity contribution in [3.05, 3.63) is 65.0 Å². The molecule has 2 aromatic rings. The predicted molar refractivity (Wildman–Crippen MR) is 69.1 cm³/mol. The van der Waals surface area contributed by atoms with E-state index in [0.29, 0.717) is 6.42 Å². The Balaban J connectivity index is 2.14. The molecule has 0 fully saturated rings. The van der Waals surface area contributed by atoms with Crippen LogP contribution >= 0.6 is 0 Å². The quantitative estimate of drug-likeness (QED) is 0.827. The minimum absolute atomic E-state index is 0.0517. The molecule has 2 heterocycles. The van der Waals surface area contributed by atoms with Crippen LogP contribution in [0.1, 0.15) is 28.3 Å². The Kier molecular flexibility index (Phi) is 2.59. The van der Waals surface area contributed by atoms with Crippen LogP contribution in [0.3, 0.4) is 0 Å². The lowest BCUT2D eigenvalue weighted by Crippen LogP contribution is -2.36. The highest BCUT2D eigenvalue weighted by molar-refractivity contribution is 5.82. The van der Waals surface area contributed by atoms with Crippen molar-refractivity contribution in [1.29, 1.82) is 0 Å². The summed E-state index contributed by atoms with van der Waals surface area (Å²) in [5.74, 6) is 0.0820. The Morgan fingerprint density at radius 2 is 2.00 bits per heavy atom. The van der Waals surface area contributed by atoms with Crippen molar-refractivity contribution < 1.29 is 4.79 Å². The van der Waals surface area contributed by atoms with E-state index in [1.807, 2.05) is 18.2 Å². The Hall–Kier alpha value is -2.16. The molecule has 0 saturated carbocycles. The van der Waals surface area contributed by atoms with Crippen molar-refractivity contribution in [2.24, 2.45) is 0 Å². The van der Waals surface area contributed by atoms with Crippen LogP contribution in [0.4, 0.5) is 0 Å². The topological polar surface area (TPSA) is 42.0 Å². The molecule has 3 rings (SSSR count). The van der Waals surface area contributed by atoms with Crippen molar-refractivity contribution >= 4 is 5.91 Å². The first-order chi connectivity index (χ1) is 8.75. The summed E-state index contributed by atoms with van der Waals surface area (Å²) in [4.78, 5) is 15.9. The normalized spacial score (nSPS) is 18.1. The van der Waals surface area contributed by atoms with Crippen molar-refractivity contribution in [1.82, 2.24) is 10.3 Å². The number of carbonyl (C=O) groups is 1. The number of aromatic nitrogens is 1. The highest BCUT2D eigenvalue weighted by Gasteiger charge is 2.26. The molecule has 0 bridgehead atoms. The van der Waals surface area contributed by atoms with Gasteiger partial charge in [-0.2, -0.15) is 0 Å². The molecular formula is C15H14N2O. The number of fused-ring (bicyclic) bond motifs is 1. The lowest BCUT2D eigenvalue weighted by atomic mass is 9.87. The molecule has 0 saturated heterocycles. The highest BCUT2D eigenvalue weighted by atomic mass is 16.1. The maximum absolute atomic E-state index is 11.8. The molecule has 1 aliphatic heterocycles. The molecule has 90 valence electrons. The first-order valence-corrected chi connectivity index (χ1v) is 6.03. The number of pyridine rings is 1. The third-order valence-electron chi connectivity index (χ3n) is 3.44. The smallest absolute Gasteiger partial charge is 0.225 e. The zero-order valence-electron chi connectivity index (χ0n) is 10.2. The molecule has 3 nitrogen and oxygen atoms in total. The second-order valence-corrected chi connectivity index (χ2v) is 4.60. The van der Waals surface area contributed by atoms with E-state index in [-0.39, 0.29) is 11.9 Å². The van der Waals surface area contributed by atoms with Gasteiger partial charge in [0.05, 0.1) is 12.5 Å². The van der Waals surface area contributed by atoms with Crippen LogP contribution in [0.25, 0.3) is 0 Å². The van der Waals surface area contributed by atoms with E-state index in [4.69, 9.17) is 0 Å². The van der Waals surface area contributed by atoms with Crippen molar-refractivity contribution in [2.75, 3.05) is 0 Å². The number of amides is 1. The molecule has 1 aromatic heterocycles. The summed E-state index contributed by atoms with van der Waals surface area (Å²) in [6.45, 7) is 2.06. The minimum atomic E-state index is -0.0517. The van der Waals surface area contributed by atoms with Gasteiger partial charge in [-0.05, 0) is 41.3 Å². The van der Waals surface area contributed by atoms with Gasteiger partial charge in [-0.3, -0.25) is 9.78 Å². The number of aryl methyl sites for hydroxylation is 1. The Morgan fingerprint density at radius 3 is 2.78 bits per heavy atom. The largest absolute Gasteiger partial charge is 0.345 e. The average molecular weight is 238 g/mol. The van der Waals surface area contributed by atoms with Gasteiger partial charge < -0.3 is 5.32 Å². The molecule has 0 spiro atoms. The van der Waals surface area contributed by atoms with Gasteiger partial charge in [-0.1, -0.05) is 18.2 Å². The van der Waals surface area contributed by atoms with Gasteiger partial charge in [0.15, 0.2) is 0 Å². The molecule has 1 atom stereocenters. The van der Waals surface area contributed by atoms with E-state index in [1.54, 1.807) is 12.4 Å². The second kappa shape index (κ2) is 4.26. The second-order valence-electron chi connectivity index (χ2n) is 4.60. The van der Waals surface area contributed by atoms with Crippen LogP contribution < -0.4 is 5.32 Å². The molecular weight excluding hydrogens is 224 g/mol. The third-order valence-corrected chi connectivity index (χ3v) is 3.44. The Labute approximate surface area is 106 Å². The molecule has 1 aromatic carbocycles. The van der Waals surface area contributed by atoms with Crippen LogP contribution in [0, 0.1) is 6.92 Å². The fourth-order valence-electron chi connectivity index (χ4n) is 2.51. The maximum atomic E-state index is 11.8. The summed E-state index contributed by atoms with van der Waals surface area (Å²) in [5.41, 5.74) is 4.61. The molecule has 18 heavy (non-hydrogen) atoms. The van der Waals surface area contributed by atoms with E-state index in [0.717, 1.165) is 11.1 Å². The van der Waals surface area contributed by atoms with E-state index < -0.39 is 0 Å². The van der Waals surface area contributed by atoms with Crippen LogP contribution in [0.15, 0.2) is 42.7 Å². The number of hydrogen-bond donors (Lipinski definition) is 1. The first kappa shape index (κ1) is 11.0. The number of rotatable bonds is 1. The van der Waals surface area contributed by atoms with E-state index in [9.17, 15) is 4.79 Å². The highest BCUT2D eigenvalue weighted by Crippen LogP contribution is 2.30. The predicted octanol–water partition coefficient (Wildman–Crippen LogP) is 2.15. The SMILES string of the molecule is Cc1cccc2c1CC(=O)NC2c1ccncc1. The van der Waals surface area contributed by atoms with Crippen LogP contribution in [0.5, 0.6) is 0 Å². The summed E-state index contributed by atoms with van der Waals surface area (Å²) in [6.07, 6.45) is 3.99. The number of nitrogens with one attached hydrogen (secondary N) is 1. The molecule has 0 radical (unpaired) electrons. The summed E-state index contributed by atoms with van der Waals surface area (Å²) in [7, 11) is 0. The van der Waals surface area contributed by atoms with E-state index in [2.05, 4.69) is 29.4 Å². The summed E-state index contributed by atoms with van der Waals surface area (Å²) in [5, 5.41) is 3.05. The monoisotopic (exact) mass is 238 g/mol. The van der Waals surface area contributed by atoms with Gasteiger partial charge in [0.25, 0.3) is 0 Å². The number of nitrogens with zero attached hydrogens (tertiary/aromatic N) is 1. The molecule has 1 amide bonds. The summed E-state index contributed by atoms with van der Waals surface area (Å²) in [6, 6.07) is 10.0. The number of hydrogen-bond acceptors (Lipinski definition) is 2. The number of carbonyl (C=O) groups excluding carboxylic acids is 1. The van der Waals surface area contributed by atoms with Gasteiger partial charge in [0.1, 0.15) is 0 Å². The van der Waals surface area contributed by atoms with Gasteiger partial charge in [0, 0.05) is 12.4 Å². The first-order valence-electron chi connectivity index (χ1n) is 6.03. The Morgan fingerprint density at radius 1 is 1.22 bits per heavy atom. The Bertz CT molecular complexity index is 593.